The molecule has 1 atom stereocenters. The molecule has 0 heterocycles. The summed E-state index contributed by atoms with van der Waals surface area (Å²) in [5, 5.41) is 12.4. The molecule has 0 spiro atoms. The number of alkyl halides is 3. The maximum absolute atomic E-state index is 12.7. The quantitative estimate of drug-likeness (QED) is 0.817. The number of ether oxygens (including phenoxy) is 1. The number of rotatable bonds is 6. The molecule has 0 saturated carbocycles. The van der Waals surface area contributed by atoms with Crippen LogP contribution >= 0.6 is 15.9 Å². The second-order valence-corrected chi connectivity index (χ2v) is 5.46. The van der Waals surface area contributed by atoms with Gasteiger partial charge in [0.2, 0.25) is 0 Å². The van der Waals surface area contributed by atoms with Crippen molar-refractivity contribution in [3.63, 3.8) is 0 Å². The highest BCUT2D eigenvalue weighted by molar-refractivity contribution is 9.10. The Hall–Kier alpha value is -0.790. The van der Waals surface area contributed by atoms with E-state index in [1.54, 1.807) is 0 Å². The zero-order chi connectivity index (χ0) is 15.3. The number of nitrogens with one attached hydrogen (secondary N) is 1. The van der Waals surface area contributed by atoms with Crippen molar-refractivity contribution in [2.24, 2.45) is 0 Å². The van der Waals surface area contributed by atoms with Gasteiger partial charge in [-0.3, -0.25) is 0 Å². The standard InChI is InChI=1S/C13H17BrF3NO2/c1-8(2)20-7-10(19)6-18-9-3-4-12(14)11(5-9)13(15,16)17/h3-5,8,10,18-19H,6-7H2,1-2H3. The monoisotopic (exact) mass is 355 g/mol. The van der Waals surface area contributed by atoms with Crippen LogP contribution in [0, 0.1) is 0 Å². The molecule has 0 amide bonds. The molecule has 20 heavy (non-hydrogen) atoms. The van der Waals surface area contributed by atoms with Crippen LogP contribution in [0.15, 0.2) is 22.7 Å². The number of aliphatic hydroxyl groups is 1. The van der Waals surface area contributed by atoms with Crippen LogP contribution < -0.4 is 5.32 Å². The summed E-state index contributed by atoms with van der Waals surface area (Å²) in [4.78, 5) is 0. The van der Waals surface area contributed by atoms with Crippen molar-refractivity contribution < 1.29 is 23.0 Å². The summed E-state index contributed by atoms with van der Waals surface area (Å²) in [5.41, 5.74) is -0.459. The molecule has 0 radical (unpaired) electrons. The first-order chi connectivity index (χ1) is 9.20. The minimum atomic E-state index is -4.42. The molecule has 2 N–H and O–H groups in total. The van der Waals surface area contributed by atoms with E-state index in [9.17, 15) is 18.3 Å². The summed E-state index contributed by atoms with van der Waals surface area (Å²) in [5.74, 6) is 0. The molecule has 0 aromatic heterocycles. The molecule has 0 aliphatic heterocycles. The number of hydrogen-bond donors (Lipinski definition) is 2. The average Bonchev–Trinajstić information content (AvgIpc) is 2.33. The van der Waals surface area contributed by atoms with Gasteiger partial charge in [-0.25, -0.2) is 0 Å². The van der Waals surface area contributed by atoms with Crippen molar-refractivity contribution in [3.8, 4) is 0 Å². The topological polar surface area (TPSA) is 41.5 Å². The lowest BCUT2D eigenvalue weighted by Crippen LogP contribution is -2.26. The fourth-order valence-corrected chi connectivity index (χ4v) is 1.92. The molecule has 7 heteroatoms. The maximum Gasteiger partial charge on any atom is 0.417 e. The van der Waals surface area contributed by atoms with E-state index in [0.29, 0.717) is 5.69 Å². The molecule has 1 unspecified atom stereocenters. The van der Waals surface area contributed by atoms with Crippen LogP contribution in [0.25, 0.3) is 0 Å². The third-order valence-corrected chi connectivity index (χ3v) is 3.13. The van der Waals surface area contributed by atoms with Crippen LogP contribution in [-0.4, -0.2) is 30.5 Å². The Balaban J connectivity index is 2.61. The molecule has 1 aromatic carbocycles. The Bertz CT molecular complexity index is 438. The Morgan fingerprint density at radius 2 is 2.00 bits per heavy atom. The van der Waals surface area contributed by atoms with Gasteiger partial charge < -0.3 is 15.2 Å². The lowest BCUT2D eigenvalue weighted by Gasteiger charge is -2.16. The highest BCUT2D eigenvalue weighted by Gasteiger charge is 2.33. The normalized spacial score (nSPS) is 13.6. The van der Waals surface area contributed by atoms with Crippen molar-refractivity contribution in [2.75, 3.05) is 18.5 Å². The Morgan fingerprint density at radius 1 is 1.35 bits per heavy atom. The highest BCUT2D eigenvalue weighted by Crippen LogP contribution is 2.36. The number of benzene rings is 1. The summed E-state index contributed by atoms with van der Waals surface area (Å²) >= 11 is 2.87. The molecule has 0 aliphatic rings. The van der Waals surface area contributed by atoms with Crippen LogP contribution in [0.5, 0.6) is 0 Å². The number of aliphatic hydroxyl groups excluding tert-OH is 1. The molecule has 0 saturated heterocycles. The predicted molar refractivity (Wildman–Crippen MR) is 74.7 cm³/mol. The van der Waals surface area contributed by atoms with E-state index < -0.39 is 17.8 Å². The van der Waals surface area contributed by atoms with Crippen LogP contribution in [0.3, 0.4) is 0 Å². The average molecular weight is 356 g/mol. The second-order valence-electron chi connectivity index (χ2n) is 4.61. The zero-order valence-electron chi connectivity index (χ0n) is 11.2. The molecule has 0 bridgehead atoms. The Kier molecular flexibility index (Phi) is 6.29. The predicted octanol–water partition coefficient (Wildman–Crippen LogP) is 3.67. The van der Waals surface area contributed by atoms with Gasteiger partial charge >= 0.3 is 6.18 Å². The largest absolute Gasteiger partial charge is 0.417 e. The maximum atomic E-state index is 12.7. The zero-order valence-corrected chi connectivity index (χ0v) is 12.8. The van der Waals surface area contributed by atoms with Crippen molar-refractivity contribution in [2.45, 2.75) is 32.2 Å². The second kappa shape index (κ2) is 7.28. The van der Waals surface area contributed by atoms with E-state index in [1.165, 1.54) is 12.1 Å². The summed E-state index contributed by atoms with van der Waals surface area (Å²) in [6.45, 7) is 3.92. The highest BCUT2D eigenvalue weighted by atomic mass is 79.9. The fourth-order valence-electron chi connectivity index (χ4n) is 1.45. The lowest BCUT2D eigenvalue weighted by atomic mass is 10.2. The third kappa shape index (κ3) is 5.68. The number of anilines is 1. The van der Waals surface area contributed by atoms with E-state index in [1.807, 2.05) is 13.8 Å². The van der Waals surface area contributed by atoms with Crippen LogP contribution in [0.4, 0.5) is 18.9 Å². The molecule has 0 fully saturated rings. The van der Waals surface area contributed by atoms with E-state index in [2.05, 4.69) is 21.2 Å². The number of halogens is 4. The van der Waals surface area contributed by atoms with Gasteiger partial charge in [0.25, 0.3) is 0 Å². The van der Waals surface area contributed by atoms with Crippen LogP contribution in [0.1, 0.15) is 19.4 Å². The number of hydrogen-bond acceptors (Lipinski definition) is 3. The molecular formula is C13H17BrF3NO2. The van der Waals surface area contributed by atoms with Gasteiger partial charge in [-0.1, -0.05) is 15.9 Å². The molecular weight excluding hydrogens is 339 g/mol. The van der Waals surface area contributed by atoms with Gasteiger partial charge in [-0.05, 0) is 32.0 Å². The summed E-state index contributed by atoms with van der Waals surface area (Å²) in [6.07, 6.45) is -5.21. The summed E-state index contributed by atoms with van der Waals surface area (Å²) in [6, 6.07) is 3.83. The van der Waals surface area contributed by atoms with E-state index in [4.69, 9.17) is 4.74 Å². The van der Waals surface area contributed by atoms with Crippen molar-refractivity contribution in [1.82, 2.24) is 0 Å². The van der Waals surface area contributed by atoms with E-state index in [0.717, 1.165) is 6.07 Å². The van der Waals surface area contributed by atoms with Crippen molar-refractivity contribution in [3.05, 3.63) is 28.2 Å². The van der Waals surface area contributed by atoms with E-state index in [-0.39, 0.29) is 23.7 Å². The first-order valence-corrected chi connectivity index (χ1v) is 6.89. The van der Waals surface area contributed by atoms with E-state index >= 15 is 0 Å². The fraction of sp³-hybridized carbons (Fsp3) is 0.538. The SMILES string of the molecule is CC(C)OCC(O)CNc1ccc(Br)c(C(F)(F)F)c1. The minimum absolute atomic E-state index is 0.00540. The lowest BCUT2D eigenvalue weighted by molar-refractivity contribution is -0.138. The molecule has 1 aromatic rings. The van der Waals surface area contributed by atoms with Gasteiger partial charge in [-0.2, -0.15) is 13.2 Å². The Morgan fingerprint density at radius 3 is 2.55 bits per heavy atom. The van der Waals surface area contributed by atoms with Crippen molar-refractivity contribution >= 4 is 21.6 Å². The van der Waals surface area contributed by atoms with Crippen molar-refractivity contribution in [1.29, 1.82) is 0 Å². The smallest absolute Gasteiger partial charge is 0.389 e. The molecule has 0 aliphatic carbocycles. The Labute approximate surface area is 124 Å². The van der Waals surface area contributed by atoms with Gasteiger partial charge in [0.1, 0.15) is 0 Å². The third-order valence-electron chi connectivity index (χ3n) is 2.44. The van der Waals surface area contributed by atoms with Crippen LogP contribution in [-0.2, 0) is 10.9 Å². The first kappa shape index (κ1) is 17.3. The molecule has 1 rings (SSSR count). The minimum Gasteiger partial charge on any atom is -0.389 e. The molecule has 3 nitrogen and oxygen atoms in total. The van der Waals surface area contributed by atoms with Gasteiger partial charge in [-0.15, -0.1) is 0 Å². The van der Waals surface area contributed by atoms with Gasteiger partial charge in [0, 0.05) is 16.7 Å². The van der Waals surface area contributed by atoms with Crippen LogP contribution in [0.2, 0.25) is 0 Å². The van der Waals surface area contributed by atoms with Gasteiger partial charge in [0.15, 0.2) is 0 Å². The summed E-state index contributed by atoms with van der Waals surface area (Å²) < 4.78 is 43.3. The summed E-state index contributed by atoms with van der Waals surface area (Å²) in [7, 11) is 0. The van der Waals surface area contributed by atoms with Gasteiger partial charge in [0.05, 0.1) is 24.4 Å². The molecule has 114 valence electrons. The first-order valence-electron chi connectivity index (χ1n) is 6.10.